The van der Waals surface area contributed by atoms with Crippen molar-refractivity contribution < 1.29 is 9.21 Å². The number of halogens is 1. The quantitative estimate of drug-likeness (QED) is 0.685. The molecule has 3 heterocycles. The minimum Gasteiger partial charge on any atom is -0.434 e. The zero-order valence-corrected chi connectivity index (χ0v) is 10.3. The number of aromatic nitrogens is 4. The molecule has 0 fully saturated rings. The second-order valence-corrected chi connectivity index (χ2v) is 4.04. The summed E-state index contributed by atoms with van der Waals surface area (Å²) in [5, 5.41) is 7.28. The third-order valence-corrected chi connectivity index (χ3v) is 2.65. The first kappa shape index (κ1) is 11.6. The van der Waals surface area contributed by atoms with Crippen LogP contribution in [0.4, 0.5) is 0 Å². The van der Waals surface area contributed by atoms with Crippen molar-refractivity contribution in [1.82, 2.24) is 20.0 Å². The van der Waals surface area contributed by atoms with Crippen molar-refractivity contribution in [2.45, 2.75) is 0 Å². The van der Waals surface area contributed by atoms with Gasteiger partial charge in [-0.05, 0) is 29.8 Å². The maximum Gasteiger partial charge on any atom is 0.287 e. The van der Waals surface area contributed by atoms with Crippen LogP contribution in [-0.2, 0) is 0 Å². The molecule has 0 saturated carbocycles. The van der Waals surface area contributed by atoms with Crippen LogP contribution in [0.25, 0.3) is 17.1 Å². The summed E-state index contributed by atoms with van der Waals surface area (Å²) in [6.45, 7) is 0. The Morgan fingerprint density at radius 1 is 1.32 bits per heavy atom. The van der Waals surface area contributed by atoms with E-state index in [9.17, 15) is 4.79 Å². The van der Waals surface area contributed by atoms with Crippen LogP contribution in [0.1, 0.15) is 10.6 Å². The lowest BCUT2D eigenvalue weighted by atomic mass is 10.2. The second-order valence-electron chi connectivity index (χ2n) is 3.70. The molecule has 94 valence electrons. The van der Waals surface area contributed by atoms with Gasteiger partial charge in [-0.1, -0.05) is 5.21 Å². The lowest BCUT2D eigenvalue weighted by Crippen LogP contribution is -1.92. The molecule has 0 saturated heterocycles. The normalized spacial score (nSPS) is 10.6. The van der Waals surface area contributed by atoms with Gasteiger partial charge in [0.2, 0.25) is 5.88 Å². The van der Waals surface area contributed by atoms with Crippen LogP contribution < -0.4 is 0 Å². The SMILES string of the molecule is O=C(Cl)c1ccc(-n2cc(-c3cccnc3)nn2)o1. The minimum absolute atomic E-state index is 0.0649. The van der Waals surface area contributed by atoms with E-state index in [0.29, 0.717) is 11.6 Å². The van der Waals surface area contributed by atoms with Crippen molar-refractivity contribution >= 4 is 16.8 Å². The zero-order chi connectivity index (χ0) is 13.2. The molecule has 3 aromatic rings. The van der Waals surface area contributed by atoms with E-state index in [1.807, 2.05) is 12.1 Å². The Hall–Kier alpha value is -2.47. The number of carbonyl (C=O) groups excluding carboxylic acids is 1. The fraction of sp³-hybridized carbons (Fsp3) is 0. The maximum absolute atomic E-state index is 10.9. The molecule has 3 aromatic heterocycles. The van der Waals surface area contributed by atoms with Crippen LogP contribution in [0.5, 0.6) is 0 Å². The molecule has 3 rings (SSSR count). The molecule has 0 atom stereocenters. The molecule has 0 radical (unpaired) electrons. The molecule has 0 N–H and O–H groups in total. The van der Waals surface area contributed by atoms with Crippen LogP contribution >= 0.6 is 11.6 Å². The van der Waals surface area contributed by atoms with Crippen LogP contribution in [-0.4, -0.2) is 25.2 Å². The van der Waals surface area contributed by atoms with Gasteiger partial charge in [-0.2, -0.15) is 4.68 Å². The van der Waals surface area contributed by atoms with Crippen molar-refractivity contribution in [3.63, 3.8) is 0 Å². The van der Waals surface area contributed by atoms with Gasteiger partial charge in [-0.25, -0.2) is 0 Å². The summed E-state index contributed by atoms with van der Waals surface area (Å²) in [6.07, 6.45) is 5.04. The average molecular weight is 275 g/mol. The Labute approximate surface area is 112 Å². The van der Waals surface area contributed by atoms with E-state index >= 15 is 0 Å². The van der Waals surface area contributed by atoms with Gasteiger partial charge < -0.3 is 4.42 Å². The third kappa shape index (κ3) is 2.25. The van der Waals surface area contributed by atoms with E-state index in [0.717, 1.165) is 5.56 Å². The maximum atomic E-state index is 10.9. The number of hydrogen-bond acceptors (Lipinski definition) is 5. The standard InChI is InChI=1S/C12H7ClN4O2/c13-12(18)10-3-4-11(19-10)17-7-9(15-16-17)8-2-1-5-14-6-8/h1-7H. The predicted octanol–water partition coefficient (Wildman–Crippen LogP) is 2.30. The number of carbonyl (C=O) groups is 1. The van der Waals surface area contributed by atoms with E-state index < -0.39 is 5.24 Å². The summed E-state index contributed by atoms with van der Waals surface area (Å²) < 4.78 is 6.67. The van der Waals surface area contributed by atoms with E-state index in [-0.39, 0.29) is 5.76 Å². The smallest absolute Gasteiger partial charge is 0.287 e. The molecule has 0 aliphatic heterocycles. The molecule has 0 unspecified atom stereocenters. The van der Waals surface area contributed by atoms with Gasteiger partial charge in [0.15, 0.2) is 5.76 Å². The Bertz CT molecular complexity index is 720. The van der Waals surface area contributed by atoms with Gasteiger partial charge in [0, 0.05) is 24.0 Å². The first-order valence-corrected chi connectivity index (χ1v) is 5.74. The molecule has 6 nitrogen and oxygen atoms in total. The Morgan fingerprint density at radius 3 is 2.89 bits per heavy atom. The summed E-state index contributed by atoms with van der Waals surface area (Å²) in [7, 11) is 0. The van der Waals surface area contributed by atoms with E-state index in [1.165, 1.54) is 10.7 Å². The lowest BCUT2D eigenvalue weighted by Gasteiger charge is -1.93. The van der Waals surface area contributed by atoms with Gasteiger partial charge in [-0.15, -0.1) is 5.10 Å². The van der Waals surface area contributed by atoms with Crippen molar-refractivity contribution in [2.75, 3.05) is 0 Å². The number of pyridine rings is 1. The summed E-state index contributed by atoms with van der Waals surface area (Å²) >= 11 is 5.32. The summed E-state index contributed by atoms with van der Waals surface area (Å²) in [5.41, 5.74) is 1.50. The monoisotopic (exact) mass is 274 g/mol. The number of furan rings is 1. The molecule has 0 aliphatic carbocycles. The number of hydrogen-bond donors (Lipinski definition) is 0. The molecule has 0 aromatic carbocycles. The summed E-state index contributed by atoms with van der Waals surface area (Å²) in [6, 6.07) is 6.76. The summed E-state index contributed by atoms with van der Waals surface area (Å²) in [5.74, 6) is 0.432. The molecule has 0 spiro atoms. The van der Waals surface area contributed by atoms with Crippen molar-refractivity contribution in [3.8, 4) is 17.1 Å². The van der Waals surface area contributed by atoms with Crippen molar-refractivity contribution in [3.05, 3.63) is 48.6 Å². The van der Waals surface area contributed by atoms with Crippen LogP contribution in [0.3, 0.4) is 0 Å². The van der Waals surface area contributed by atoms with Gasteiger partial charge in [0.25, 0.3) is 5.24 Å². The molecular weight excluding hydrogens is 268 g/mol. The molecule has 0 aliphatic rings. The molecule has 7 heteroatoms. The zero-order valence-electron chi connectivity index (χ0n) is 9.52. The van der Waals surface area contributed by atoms with Crippen LogP contribution in [0.15, 0.2) is 47.3 Å². The molecule has 0 amide bonds. The Balaban J connectivity index is 1.94. The summed E-state index contributed by atoms with van der Waals surface area (Å²) in [4.78, 5) is 14.9. The predicted molar refractivity (Wildman–Crippen MR) is 67.0 cm³/mol. The molecule has 19 heavy (non-hydrogen) atoms. The third-order valence-electron chi connectivity index (χ3n) is 2.46. The van der Waals surface area contributed by atoms with Crippen molar-refractivity contribution in [2.24, 2.45) is 0 Å². The molecular formula is C12H7ClN4O2. The highest BCUT2D eigenvalue weighted by Gasteiger charge is 2.11. The Morgan fingerprint density at radius 2 is 2.21 bits per heavy atom. The first-order valence-electron chi connectivity index (χ1n) is 5.37. The highest BCUT2D eigenvalue weighted by atomic mass is 35.5. The number of rotatable bonds is 3. The highest BCUT2D eigenvalue weighted by molar-refractivity contribution is 6.67. The second kappa shape index (κ2) is 4.66. The van der Waals surface area contributed by atoms with Gasteiger partial charge in [0.05, 0.1) is 6.20 Å². The first-order chi connectivity index (χ1) is 9.24. The fourth-order valence-electron chi connectivity index (χ4n) is 1.57. The van der Waals surface area contributed by atoms with Crippen molar-refractivity contribution in [1.29, 1.82) is 0 Å². The van der Waals surface area contributed by atoms with Gasteiger partial charge in [0.1, 0.15) is 5.69 Å². The Kier molecular flexibility index (Phi) is 2.85. The van der Waals surface area contributed by atoms with Crippen LogP contribution in [0.2, 0.25) is 0 Å². The largest absolute Gasteiger partial charge is 0.434 e. The highest BCUT2D eigenvalue weighted by Crippen LogP contribution is 2.18. The minimum atomic E-state index is -0.654. The van der Waals surface area contributed by atoms with Gasteiger partial charge in [-0.3, -0.25) is 9.78 Å². The molecule has 0 bridgehead atoms. The van der Waals surface area contributed by atoms with E-state index in [1.54, 1.807) is 24.7 Å². The average Bonchev–Trinajstić information content (AvgIpc) is 3.09. The van der Waals surface area contributed by atoms with Gasteiger partial charge >= 0.3 is 0 Å². The van der Waals surface area contributed by atoms with Crippen LogP contribution in [0, 0.1) is 0 Å². The lowest BCUT2D eigenvalue weighted by molar-refractivity contribution is 0.105. The topological polar surface area (TPSA) is 73.8 Å². The number of nitrogens with zero attached hydrogens (tertiary/aromatic N) is 4. The van der Waals surface area contributed by atoms with E-state index in [4.69, 9.17) is 16.0 Å². The van der Waals surface area contributed by atoms with E-state index in [2.05, 4.69) is 15.3 Å². The fourth-order valence-corrected chi connectivity index (χ4v) is 1.68.